The van der Waals surface area contributed by atoms with Crippen LogP contribution in [-0.4, -0.2) is 24.2 Å². The van der Waals surface area contributed by atoms with Crippen molar-refractivity contribution in [2.24, 2.45) is 0 Å². The maximum Gasteiger partial charge on any atom is 0.121 e. The van der Waals surface area contributed by atoms with E-state index in [4.69, 9.17) is 4.74 Å². The smallest absolute Gasteiger partial charge is 0.121 e. The summed E-state index contributed by atoms with van der Waals surface area (Å²) in [6, 6.07) is 10.9. The Balaban J connectivity index is 1.39. The van der Waals surface area contributed by atoms with Crippen molar-refractivity contribution in [2.45, 2.75) is 44.6 Å². The quantitative estimate of drug-likeness (QED) is 0.816. The van der Waals surface area contributed by atoms with E-state index >= 15 is 0 Å². The Labute approximate surface area is 126 Å². The molecule has 112 valence electrons. The summed E-state index contributed by atoms with van der Waals surface area (Å²) in [4.78, 5) is 4.36. The standard InChI is InChI=1S/C18H24N2O/c1-2-7-16(8-3-1)19-12-5-13-21-17-10-9-15-6-4-11-20-18(15)14-17/h4,6,9-11,14,16,19H,1-3,5,7-8,12-13H2. The Kier molecular flexibility index (Phi) is 5.06. The van der Waals surface area contributed by atoms with Gasteiger partial charge in [-0.2, -0.15) is 0 Å². The van der Waals surface area contributed by atoms with Gasteiger partial charge in [0.1, 0.15) is 5.75 Å². The van der Waals surface area contributed by atoms with E-state index in [1.807, 2.05) is 24.4 Å². The molecule has 1 aliphatic rings. The summed E-state index contributed by atoms with van der Waals surface area (Å²) in [5, 5.41) is 4.80. The first-order valence-corrected chi connectivity index (χ1v) is 8.13. The van der Waals surface area contributed by atoms with Crippen molar-refractivity contribution in [3.8, 4) is 5.75 Å². The van der Waals surface area contributed by atoms with Crippen LogP contribution in [-0.2, 0) is 0 Å². The molecule has 1 saturated carbocycles. The van der Waals surface area contributed by atoms with Crippen molar-refractivity contribution in [2.75, 3.05) is 13.2 Å². The zero-order valence-electron chi connectivity index (χ0n) is 12.6. The average molecular weight is 284 g/mol. The number of pyridine rings is 1. The Morgan fingerprint density at radius 1 is 1.14 bits per heavy atom. The van der Waals surface area contributed by atoms with Gasteiger partial charge in [0.2, 0.25) is 0 Å². The van der Waals surface area contributed by atoms with Crippen LogP contribution in [0.5, 0.6) is 5.75 Å². The summed E-state index contributed by atoms with van der Waals surface area (Å²) in [5.41, 5.74) is 0.996. The molecule has 3 nitrogen and oxygen atoms in total. The number of benzene rings is 1. The number of fused-ring (bicyclic) bond motifs is 1. The van der Waals surface area contributed by atoms with Gasteiger partial charge in [0.25, 0.3) is 0 Å². The zero-order valence-corrected chi connectivity index (χ0v) is 12.6. The second kappa shape index (κ2) is 7.41. The van der Waals surface area contributed by atoms with Crippen LogP contribution in [0.4, 0.5) is 0 Å². The van der Waals surface area contributed by atoms with Crippen LogP contribution in [0.1, 0.15) is 38.5 Å². The molecule has 3 rings (SSSR count). The van der Waals surface area contributed by atoms with Gasteiger partial charge in [-0.05, 0) is 44.0 Å². The van der Waals surface area contributed by atoms with Crippen molar-refractivity contribution in [3.63, 3.8) is 0 Å². The molecule has 0 saturated heterocycles. The van der Waals surface area contributed by atoms with Crippen LogP contribution in [0.2, 0.25) is 0 Å². The van der Waals surface area contributed by atoms with Gasteiger partial charge in [-0.15, -0.1) is 0 Å². The fourth-order valence-electron chi connectivity index (χ4n) is 3.01. The molecule has 1 aromatic heterocycles. The molecule has 0 aliphatic heterocycles. The van der Waals surface area contributed by atoms with Crippen molar-refractivity contribution in [1.82, 2.24) is 10.3 Å². The maximum atomic E-state index is 5.82. The van der Waals surface area contributed by atoms with Gasteiger partial charge >= 0.3 is 0 Å². The van der Waals surface area contributed by atoms with Crippen LogP contribution in [0.15, 0.2) is 36.5 Å². The Hall–Kier alpha value is -1.61. The second-order valence-electron chi connectivity index (χ2n) is 5.85. The molecule has 0 bridgehead atoms. The van der Waals surface area contributed by atoms with Gasteiger partial charge in [0.05, 0.1) is 12.1 Å². The lowest BCUT2D eigenvalue weighted by molar-refractivity contribution is 0.297. The van der Waals surface area contributed by atoms with Gasteiger partial charge < -0.3 is 10.1 Å². The number of rotatable bonds is 6. The fraction of sp³-hybridized carbons (Fsp3) is 0.500. The van der Waals surface area contributed by atoms with Crippen molar-refractivity contribution in [1.29, 1.82) is 0 Å². The van der Waals surface area contributed by atoms with E-state index in [1.54, 1.807) is 0 Å². The number of hydrogen-bond acceptors (Lipinski definition) is 3. The third-order valence-electron chi connectivity index (χ3n) is 4.21. The van der Waals surface area contributed by atoms with E-state index in [0.29, 0.717) is 0 Å². The minimum absolute atomic E-state index is 0.739. The third kappa shape index (κ3) is 4.18. The molecule has 21 heavy (non-hydrogen) atoms. The molecule has 0 radical (unpaired) electrons. The van der Waals surface area contributed by atoms with E-state index < -0.39 is 0 Å². The highest BCUT2D eigenvalue weighted by atomic mass is 16.5. The van der Waals surface area contributed by atoms with Crippen LogP contribution < -0.4 is 10.1 Å². The molecule has 2 aromatic rings. The monoisotopic (exact) mass is 284 g/mol. The molecular weight excluding hydrogens is 260 g/mol. The predicted molar refractivity (Wildman–Crippen MR) is 86.7 cm³/mol. The highest BCUT2D eigenvalue weighted by molar-refractivity contribution is 5.79. The fourth-order valence-corrected chi connectivity index (χ4v) is 3.01. The van der Waals surface area contributed by atoms with Gasteiger partial charge in [-0.1, -0.05) is 25.3 Å². The molecule has 1 N–H and O–H groups in total. The summed E-state index contributed by atoms with van der Waals surface area (Å²) in [7, 11) is 0. The molecule has 1 heterocycles. The first kappa shape index (κ1) is 14.3. The lowest BCUT2D eigenvalue weighted by atomic mass is 9.95. The molecule has 1 fully saturated rings. The van der Waals surface area contributed by atoms with Gasteiger partial charge in [0, 0.05) is 23.7 Å². The minimum atomic E-state index is 0.739. The first-order valence-electron chi connectivity index (χ1n) is 8.13. The topological polar surface area (TPSA) is 34.1 Å². The van der Waals surface area contributed by atoms with E-state index in [1.165, 1.54) is 32.1 Å². The SMILES string of the molecule is c1cnc2cc(OCCCNC3CCCCC3)ccc2c1. The van der Waals surface area contributed by atoms with Gasteiger partial charge in [0.15, 0.2) is 0 Å². The Morgan fingerprint density at radius 2 is 2.05 bits per heavy atom. The van der Waals surface area contributed by atoms with Crippen LogP contribution >= 0.6 is 0 Å². The second-order valence-corrected chi connectivity index (χ2v) is 5.85. The molecule has 0 atom stereocenters. The lowest BCUT2D eigenvalue weighted by Gasteiger charge is -2.22. The van der Waals surface area contributed by atoms with Gasteiger partial charge in [-0.25, -0.2) is 0 Å². The van der Waals surface area contributed by atoms with Crippen LogP contribution in [0, 0.1) is 0 Å². The van der Waals surface area contributed by atoms with E-state index in [9.17, 15) is 0 Å². The van der Waals surface area contributed by atoms with Crippen LogP contribution in [0.25, 0.3) is 10.9 Å². The number of aromatic nitrogens is 1. The molecule has 0 unspecified atom stereocenters. The minimum Gasteiger partial charge on any atom is -0.493 e. The molecular formula is C18H24N2O. The average Bonchev–Trinajstić information content (AvgIpc) is 2.55. The van der Waals surface area contributed by atoms with Crippen LogP contribution in [0.3, 0.4) is 0 Å². The first-order chi connectivity index (χ1) is 10.4. The normalized spacial score (nSPS) is 16.2. The molecule has 0 spiro atoms. The van der Waals surface area contributed by atoms with Gasteiger partial charge in [-0.3, -0.25) is 4.98 Å². The Morgan fingerprint density at radius 3 is 2.95 bits per heavy atom. The van der Waals surface area contributed by atoms with E-state index in [0.717, 1.165) is 42.3 Å². The molecule has 0 amide bonds. The zero-order chi connectivity index (χ0) is 14.3. The number of hydrogen-bond donors (Lipinski definition) is 1. The molecule has 3 heteroatoms. The molecule has 1 aromatic carbocycles. The largest absolute Gasteiger partial charge is 0.493 e. The summed E-state index contributed by atoms with van der Waals surface area (Å²) in [5.74, 6) is 0.916. The van der Waals surface area contributed by atoms with Crippen molar-refractivity contribution in [3.05, 3.63) is 36.5 Å². The third-order valence-corrected chi connectivity index (χ3v) is 4.21. The highest BCUT2D eigenvalue weighted by Crippen LogP contribution is 2.19. The maximum absolute atomic E-state index is 5.82. The van der Waals surface area contributed by atoms with E-state index in [2.05, 4.69) is 22.4 Å². The van der Waals surface area contributed by atoms with Crippen molar-refractivity contribution >= 4 is 10.9 Å². The number of nitrogens with zero attached hydrogens (tertiary/aromatic N) is 1. The van der Waals surface area contributed by atoms with E-state index in [-0.39, 0.29) is 0 Å². The number of ether oxygens (including phenoxy) is 1. The highest BCUT2D eigenvalue weighted by Gasteiger charge is 2.11. The summed E-state index contributed by atoms with van der Waals surface area (Å²) in [6.07, 6.45) is 9.75. The lowest BCUT2D eigenvalue weighted by Crippen LogP contribution is -2.32. The predicted octanol–water partition coefficient (Wildman–Crippen LogP) is 3.93. The summed E-state index contributed by atoms with van der Waals surface area (Å²) in [6.45, 7) is 1.81. The van der Waals surface area contributed by atoms with Crippen molar-refractivity contribution < 1.29 is 4.74 Å². The summed E-state index contributed by atoms with van der Waals surface area (Å²) >= 11 is 0. The number of nitrogens with one attached hydrogen (secondary N) is 1. The Bertz CT molecular complexity index is 564. The molecule has 1 aliphatic carbocycles. The summed E-state index contributed by atoms with van der Waals surface area (Å²) < 4.78 is 5.82.